The minimum atomic E-state index is 0.675. The molecule has 0 amide bonds. The Morgan fingerprint density at radius 3 is 2.64 bits per heavy atom. The van der Waals surface area contributed by atoms with Crippen LogP contribution in [0.15, 0.2) is 42.6 Å². The summed E-state index contributed by atoms with van der Waals surface area (Å²) >= 11 is 2.26. The van der Waals surface area contributed by atoms with Crippen LogP contribution in [0.2, 0.25) is 0 Å². The Bertz CT molecular complexity index is 462. The van der Waals surface area contributed by atoms with Crippen LogP contribution in [0.3, 0.4) is 0 Å². The first kappa shape index (κ1) is 9.45. The van der Waals surface area contributed by atoms with Gasteiger partial charge < -0.3 is 4.57 Å². The second-order valence-electron chi connectivity index (χ2n) is 2.87. The first-order valence-electron chi connectivity index (χ1n) is 4.20. The van der Waals surface area contributed by atoms with Crippen LogP contribution in [0.5, 0.6) is 0 Å². The molecular weight excluding hydrogens is 289 g/mol. The van der Waals surface area contributed by atoms with Gasteiger partial charge in [0.05, 0.1) is 11.4 Å². The average molecular weight is 297 g/mol. The van der Waals surface area contributed by atoms with E-state index in [1.807, 2.05) is 41.1 Å². The number of aromatic nitrogens is 1. The molecule has 0 atom stereocenters. The third kappa shape index (κ3) is 1.59. The molecule has 0 aliphatic carbocycles. The van der Waals surface area contributed by atoms with Crippen molar-refractivity contribution in [2.24, 2.45) is 0 Å². The smallest absolute Gasteiger partial charge is 0.166 e. The number of benzene rings is 1. The summed E-state index contributed by atoms with van der Waals surface area (Å²) in [5.41, 5.74) is 1.72. The van der Waals surface area contributed by atoms with Crippen LogP contribution < -0.4 is 0 Å². The minimum Gasteiger partial charge on any atom is -0.313 e. The van der Waals surface area contributed by atoms with Crippen molar-refractivity contribution in [3.05, 3.63) is 51.9 Å². The van der Waals surface area contributed by atoms with Crippen LogP contribution in [0.25, 0.3) is 5.69 Å². The highest BCUT2D eigenvalue weighted by atomic mass is 127. The summed E-state index contributed by atoms with van der Waals surface area (Å²) in [6.07, 6.45) is 2.75. The molecule has 0 aliphatic rings. The maximum atomic E-state index is 10.7. The lowest BCUT2D eigenvalue weighted by Crippen LogP contribution is -1.99. The van der Waals surface area contributed by atoms with E-state index in [9.17, 15) is 4.79 Å². The Labute approximate surface area is 95.7 Å². The first-order chi connectivity index (χ1) is 6.83. The Kier molecular flexibility index (Phi) is 2.67. The summed E-state index contributed by atoms with van der Waals surface area (Å²) in [6.45, 7) is 0. The Balaban J connectivity index is 2.60. The quantitative estimate of drug-likeness (QED) is 0.617. The highest BCUT2D eigenvalue weighted by molar-refractivity contribution is 14.1. The number of aldehydes is 1. The lowest BCUT2D eigenvalue weighted by atomic mass is 10.3. The number of rotatable bonds is 2. The summed E-state index contributed by atoms with van der Waals surface area (Å²) in [7, 11) is 0. The fraction of sp³-hybridized carbons (Fsp3) is 0. The van der Waals surface area contributed by atoms with Crippen molar-refractivity contribution in [2.75, 3.05) is 0 Å². The lowest BCUT2D eigenvalue weighted by Gasteiger charge is -2.06. The predicted octanol–water partition coefficient (Wildman–Crippen LogP) is 2.89. The summed E-state index contributed by atoms with van der Waals surface area (Å²) in [5.74, 6) is 0. The standard InChI is InChI=1S/C11H8INO/c12-10-5-1-2-6-11(10)13-7-3-4-9(13)8-14/h1-8H. The van der Waals surface area contributed by atoms with Gasteiger partial charge >= 0.3 is 0 Å². The van der Waals surface area contributed by atoms with E-state index in [4.69, 9.17) is 0 Å². The topological polar surface area (TPSA) is 22.0 Å². The normalized spacial score (nSPS) is 10.1. The van der Waals surface area contributed by atoms with E-state index in [0.29, 0.717) is 5.69 Å². The molecule has 0 saturated heterocycles. The van der Waals surface area contributed by atoms with Gasteiger partial charge in [0.1, 0.15) is 0 Å². The van der Waals surface area contributed by atoms with Crippen LogP contribution >= 0.6 is 22.6 Å². The molecule has 2 rings (SSSR count). The molecule has 0 N–H and O–H groups in total. The highest BCUT2D eigenvalue weighted by Crippen LogP contribution is 2.18. The summed E-state index contributed by atoms with van der Waals surface area (Å²) in [6, 6.07) is 11.6. The first-order valence-corrected chi connectivity index (χ1v) is 5.28. The molecule has 1 aromatic heterocycles. The zero-order valence-corrected chi connectivity index (χ0v) is 9.51. The summed E-state index contributed by atoms with van der Waals surface area (Å²) in [4.78, 5) is 10.7. The van der Waals surface area contributed by atoms with Crippen LogP contribution in [0.1, 0.15) is 10.5 Å². The molecule has 70 valence electrons. The Hall–Kier alpha value is -1.10. The fourth-order valence-electron chi connectivity index (χ4n) is 1.36. The van der Waals surface area contributed by atoms with E-state index < -0.39 is 0 Å². The molecule has 0 fully saturated rings. The molecule has 3 heteroatoms. The van der Waals surface area contributed by atoms with E-state index in [-0.39, 0.29) is 0 Å². The lowest BCUT2D eigenvalue weighted by molar-refractivity contribution is 0.111. The molecule has 0 saturated carbocycles. The maximum Gasteiger partial charge on any atom is 0.166 e. The monoisotopic (exact) mass is 297 g/mol. The van der Waals surface area contributed by atoms with Crippen molar-refractivity contribution in [3.8, 4) is 5.69 Å². The van der Waals surface area contributed by atoms with Crippen LogP contribution in [-0.4, -0.2) is 10.9 Å². The molecular formula is C11H8INO. The summed E-state index contributed by atoms with van der Waals surface area (Å²) in [5, 5.41) is 0. The third-order valence-corrected chi connectivity index (χ3v) is 2.93. The fourth-order valence-corrected chi connectivity index (χ4v) is 2.00. The van der Waals surface area contributed by atoms with Gasteiger partial charge in [-0.25, -0.2) is 0 Å². The number of nitrogens with zero attached hydrogens (tertiary/aromatic N) is 1. The number of carbonyl (C=O) groups is 1. The zero-order chi connectivity index (χ0) is 9.97. The second kappa shape index (κ2) is 3.96. The minimum absolute atomic E-state index is 0.675. The van der Waals surface area contributed by atoms with Crippen molar-refractivity contribution < 1.29 is 4.79 Å². The number of hydrogen-bond acceptors (Lipinski definition) is 1. The second-order valence-corrected chi connectivity index (χ2v) is 4.03. The molecule has 2 nitrogen and oxygen atoms in total. The van der Waals surface area contributed by atoms with E-state index in [1.54, 1.807) is 6.07 Å². The summed E-state index contributed by atoms with van der Waals surface area (Å²) < 4.78 is 3.01. The largest absolute Gasteiger partial charge is 0.313 e. The van der Waals surface area contributed by atoms with Gasteiger partial charge in [0.2, 0.25) is 0 Å². The highest BCUT2D eigenvalue weighted by Gasteiger charge is 2.04. The van der Waals surface area contributed by atoms with Gasteiger partial charge in [0.25, 0.3) is 0 Å². The molecule has 1 aromatic carbocycles. The van der Waals surface area contributed by atoms with Crippen molar-refractivity contribution in [1.29, 1.82) is 0 Å². The van der Waals surface area contributed by atoms with E-state index in [1.165, 1.54) is 0 Å². The molecule has 0 unspecified atom stereocenters. The van der Waals surface area contributed by atoms with Crippen molar-refractivity contribution in [3.63, 3.8) is 0 Å². The van der Waals surface area contributed by atoms with Gasteiger partial charge in [-0.2, -0.15) is 0 Å². The molecule has 0 bridgehead atoms. The zero-order valence-electron chi connectivity index (χ0n) is 7.35. The number of carbonyl (C=O) groups excluding carboxylic acids is 1. The molecule has 0 spiro atoms. The molecule has 14 heavy (non-hydrogen) atoms. The van der Waals surface area contributed by atoms with Crippen LogP contribution in [0, 0.1) is 3.57 Å². The van der Waals surface area contributed by atoms with Gasteiger partial charge in [-0.05, 0) is 46.9 Å². The van der Waals surface area contributed by atoms with E-state index in [0.717, 1.165) is 15.5 Å². The van der Waals surface area contributed by atoms with Gasteiger partial charge in [-0.1, -0.05) is 12.1 Å². The Morgan fingerprint density at radius 1 is 1.14 bits per heavy atom. The third-order valence-electron chi connectivity index (χ3n) is 2.01. The Morgan fingerprint density at radius 2 is 1.93 bits per heavy atom. The molecule has 1 heterocycles. The number of hydrogen-bond donors (Lipinski definition) is 0. The van der Waals surface area contributed by atoms with Crippen molar-refractivity contribution in [1.82, 2.24) is 4.57 Å². The van der Waals surface area contributed by atoms with Gasteiger partial charge in [-0.15, -0.1) is 0 Å². The van der Waals surface area contributed by atoms with E-state index in [2.05, 4.69) is 22.6 Å². The number of halogens is 1. The number of para-hydroxylation sites is 1. The van der Waals surface area contributed by atoms with E-state index >= 15 is 0 Å². The molecule has 0 aliphatic heterocycles. The molecule has 0 radical (unpaired) electrons. The van der Waals surface area contributed by atoms with Crippen molar-refractivity contribution in [2.45, 2.75) is 0 Å². The maximum absolute atomic E-state index is 10.7. The van der Waals surface area contributed by atoms with Crippen LogP contribution in [-0.2, 0) is 0 Å². The van der Waals surface area contributed by atoms with Gasteiger partial charge in [-0.3, -0.25) is 4.79 Å². The SMILES string of the molecule is O=Cc1cccn1-c1ccccc1I. The van der Waals surface area contributed by atoms with Crippen LogP contribution in [0.4, 0.5) is 0 Å². The molecule has 2 aromatic rings. The van der Waals surface area contributed by atoms with Crippen molar-refractivity contribution >= 4 is 28.9 Å². The predicted molar refractivity (Wildman–Crippen MR) is 63.9 cm³/mol. The van der Waals surface area contributed by atoms with Gasteiger partial charge in [0.15, 0.2) is 6.29 Å². The average Bonchev–Trinajstić information content (AvgIpc) is 2.66. The van der Waals surface area contributed by atoms with Gasteiger partial charge in [0, 0.05) is 9.77 Å².